The molecule has 3 aromatic rings. The number of aryl methyl sites for hydroxylation is 1. The maximum Gasteiger partial charge on any atom is 0.285 e. The molecule has 1 saturated heterocycles. The molecular weight excluding hydrogens is 504 g/mol. The molecule has 3 aromatic carbocycles. The number of nitrogens with one attached hydrogen (secondary N) is 1. The number of thiocarbonyl (C=S) groups is 1. The molecule has 0 bridgehead atoms. The summed E-state index contributed by atoms with van der Waals surface area (Å²) in [4.78, 5) is 25.8. The van der Waals surface area contributed by atoms with Gasteiger partial charge in [-0.25, -0.2) is 0 Å². The molecule has 0 aliphatic carbocycles. The Morgan fingerprint density at radius 2 is 1.86 bits per heavy atom. The molecule has 0 unspecified atom stereocenters. The number of carbonyl (C=O) groups is 2. The van der Waals surface area contributed by atoms with Crippen LogP contribution in [0.1, 0.15) is 27.0 Å². The first kappa shape index (κ1) is 24.8. The number of amides is 2. The number of methoxy groups -OCH3 is 1. The smallest absolute Gasteiger partial charge is 0.285 e. The van der Waals surface area contributed by atoms with Crippen molar-refractivity contribution in [3.05, 3.63) is 98.9 Å². The maximum atomic E-state index is 12.9. The van der Waals surface area contributed by atoms with E-state index >= 15 is 0 Å². The zero-order valence-electron chi connectivity index (χ0n) is 18.9. The number of benzene rings is 3. The molecule has 1 aliphatic rings. The van der Waals surface area contributed by atoms with Gasteiger partial charge in [-0.1, -0.05) is 65.3 Å². The first-order valence-corrected chi connectivity index (χ1v) is 12.2. The van der Waals surface area contributed by atoms with E-state index in [9.17, 15) is 9.59 Å². The molecule has 0 saturated carbocycles. The van der Waals surface area contributed by atoms with E-state index < -0.39 is 11.8 Å². The molecule has 0 aromatic heterocycles. The summed E-state index contributed by atoms with van der Waals surface area (Å²) in [7, 11) is 1.54. The lowest BCUT2D eigenvalue weighted by molar-refractivity contribution is -0.123. The summed E-state index contributed by atoms with van der Waals surface area (Å²) in [6, 6.07) is 19.8. The van der Waals surface area contributed by atoms with Gasteiger partial charge in [-0.05, 0) is 61.1 Å². The van der Waals surface area contributed by atoms with Crippen LogP contribution < -0.4 is 14.9 Å². The van der Waals surface area contributed by atoms with Gasteiger partial charge in [-0.3, -0.25) is 15.0 Å². The summed E-state index contributed by atoms with van der Waals surface area (Å²) in [5.41, 5.74) is 5.63. The normalized spacial score (nSPS) is 14.4. The summed E-state index contributed by atoms with van der Waals surface area (Å²) < 4.78 is 11.6. The minimum Gasteiger partial charge on any atom is -0.493 e. The standard InChI is InChI=1S/C26H21ClN2O4S2/c1-16-7-10-18(11-8-16)24(30)28-29-25(31)23(35-26(29)34)14-17-9-12-21(22(13-17)32-2)33-15-19-5-3-4-6-20(19)27/h3-14H,15H2,1-2H3,(H,28,30)/b23-14-. The highest BCUT2D eigenvalue weighted by Gasteiger charge is 2.33. The first-order valence-electron chi connectivity index (χ1n) is 10.6. The van der Waals surface area contributed by atoms with E-state index in [0.29, 0.717) is 27.0 Å². The highest BCUT2D eigenvalue weighted by atomic mass is 35.5. The van der Waals surface area contributed by atoms with E-state index in [1.54, 1.807) is 43.5 Å². The number of rotatable bonds is 7. The van der Waals surface area contributed by atoms with Crippen LogP contribution in [0.2, 0.25) is 5.02 Å². The Kier molecular flexibility index (Phi) is 7.75. The average molecular weight is 525 g/mol. The Balaban J connectivity index is 1.47. The third-order valence-electron chi connectivity index (χ3n) is 5.15. The lowest BCUT2D eigenvalue weighted by Gasteiger charge is -2.15. The quantitative estimate of drug-likeness (QED) is 0.312. The Hall–Kier alpha value is -3.33. The van der Waals surface area contributed by atoms with Gasteiger partial charge in [0.1, 0.15) is 6.61 Å². The number of thioether (sulfide) groups is 1. The van der Waals surface area contributed by atoms with Crippen molar-refractivity contribution < 1.29 is 19.1 Å². The highest BCUT2D eigenvalue weighted by molar-refractivity contribution is 8.26. The number of ether oxygens (including phenoxy) is 2. The monoisotopic (exact) mass is 524 g/mol. The summed E-state index contributed by atoms with van der Waals surface area (Å²) >= 11 is 12.6. The predicted molar refractivity (Wildman–Crippen MR) is 142 cm³/mol. The molecule has 2 amide bonds. The molecular formula is C26H21ClN2O4S2. The molecule has 35 heavy (non-hydrogen) atoms. The number of nitrogens with zero attached hydrogens (tertiary/aromatic N) is 1. The van der Waals surface area contributed by atoms with Gasteiger partial charge in [0.2, 0.25) is 0 Å². The summed E-state index contributed by atoms with van der Waals surface area (Å²) in [6.45, 7) is 2.22. The van der Waals surface area contributed by atoms with E-state index in [4.69, 9.17) is 33.3 Å². The van der Waals surface area contributed by atoms with Crippen molar-refractivity contribution in [3.63, 3.8) is 0 Å². The molecule has 1 aliphatic heterocycles. The summed E-state index contributed by atoms with van der Waals surface area (Å²) in [5.74, 6) is 0.235. The molecule has 6 nitrogen and oxygen atoms in total. The number of hydrogen-bond donors (Lipinski definition) is 1. The molecule has 9 heteroatoms. The van der Waals surface area contributed by atoms with Crippen molar-refractivity contribution in [1.82, 2.24) is 10.4 Å². The van der Waals surface area contributed by atoms with Gasteiger partial charge < -0.3 is 9.47 Å². The lowest BCUT2D eigenvalue weighted by atomic mass is 10.1. The van der Waals surface area contributed by atoms with Crippen molar-refractivity contribution in [3.8, 4) is 11.5 Å². The van der Waals surface area contributed by atoms with Gasteiger partial charge in [0.25, 0.3) is 11.8 Å². The van der Waals surface area contributed by atoms with Crippen molar-refractivity contribution in [2.24, 2.45) is 0 Å². The van der Waals surface area contributed by atoms with E-state index in [0.717, 1.165) is 33.5 Å². The third-order valence-corrected chi connectivity index (χ3v) is 6.82. The third kappa shape index (κ3) is 5.85. The number of halogens is 1. The average Bonchev–Trinajstić information content (AvgIpc) is 3.11. The van der Waals surface area contributed by atoms with Crippen LogP contribution >= 0.6 is 35.6 Å². The van der Waals surface area contributed by atoms with Crippen LogP contribution in [-0.2, 0) is 11.4 Å². The number of hydrogen-bond acceptors (Lipinski definition) is 6. The maximum absolute atomic E-state index is 12.9. The summed E-state index contributed by atoms with van der Waals surface area (Å²) in [5, 5.41) is 1.71. The van der Waals surface area contributed by atoms with E-state index in [1.165, 1.54) is 0 Å². The van der Waals surface area contributed by atoms with Crippen LogP contribution in [0, 0.1) is 6.92 Å². The Labute approximate surface area is 217 Å². The van der Waals surface area contributed by atoms with Gasteiger partial charge >= 0.3 is 0 Å². The highest BCUT2D eigenvalue weighted by Crippen LogP contribution is 2.34. The molecule has 178 valence electrons. The van der Waals surface area contributed by atoms with Crippen LogP contribution in [0.5, 0.6) is 11.5 Å². The fourth-order valence-corrected chi connectivity index (χ4v) is 4.62. The molecule has 1 fully saturated rings. The summed E-state index contributed by atoms with van der Waals surface area (Å²) in [6.07, 6.45) is 1.69. The molecule has 0 spiro atoms. The largest absolute Gasteiger partial charge is 0.493 e. The van der Waals surface area contributed by atoms with E-state index in [2.05, 4.69) is 5.43 Å². The Morgan fingerprint density at radius 1 is 1.11 bits per heavy atom. The van der Waals surface area contributed by atoms with Gasteiger partial charge in [0.05, 0.1) is 12.0 Å². The zero-order chi connectivity index (χ0) is 24.9. The van der Waals surface area contributed by atoms with Crippen molar-refractivity contribution in [2.45, 2.75) is 13.5 Å². The van der Waals surface area contributed by atoms with Gasteiger partial charge in [-0.2, -0.15) is 5.01 Å². The van der Waals surface area contributed by atoms with Gasteiger partial charge in [-0.15, -0.1) is 0 Å². The van der Waals surface area contributed by atoms with Crippen molar-refractivity contribution in [2.75, 3.05) is 7.11 Å². The molecule has 0 atom stereocenters. The van der Waals surface area contributed by atoms with Gasteiger partial charge in [0, 0.05) is 16.1 Å². The SMILES string of the molecule is COc1cc(/C=C2\SC(=S)N(NC(=O)c3ccc(C)cc3)C2=O)ccc1OCc1ccccc1Cl. The van der Waals surface area contributed by atoms with Crippen molar-refractivity contribution in [1.29, 1.82) is 0 Å². The second-order valence-corrected chi connectivity index (χ2v) is 9.70. The lowest BCUT2D eigenvalue weighted by Crippen LogP contribution is -2.44. The van der Waals surface area contributed by atoms with Crippen molar-refractivity contribution >= 4 is 57.8 Å². The van der Waals surface area contributed by atoms with Crippen LogP contribution in [0.3, 0.4) is 0 Å². The fourth-order valence-electron chi connectivity index (χ4n) is 3.25. The minimum atomic E-state index is -0.413. The number of carbonyl (C=O) groups excluding carboxylic acids is 2. The molecule has 0 radical (unpaired) electrons. The van der Waals surface area contributed by atoms with Crippen LogP contribution in [0.15, 0.2) is 71.6 Å². The molecule has 1 N–H and O–H groups in total. The Bertz CT molecular complexity index is 1330. The second-order valence-electron chi connectivity index (χ2n) is 7.61. The van der Waals surface area contributed by atoms with Crippen LogP contribution in [-0.4, -0.2) is 28.3 Å². The van der Waals surface area contributed by atoms with Crippen LogP contribution in [0.4, 0.5) is 0 Å². The second kappa shape index (κ2) is 10.9. The van der Waals surface area contributed by atoms with E-state index in [-0.39, 0.29) is 10.9 Å². The molecule has 1 heterocycles. The topological polar surface area (TPSA) is 67.9 Å². The number of hydrazine groups is 1. The molecule has 4 rings (SSSR count). The Morgan fingerprint density at radius 3 is 2.57 bits per heavy atom. The fraction of sp³-hybridized carbons (Fsp3) is 0.115. The van der Waals surface area contributed by atoms with E-state index in [1.807, 2.05) is 43.3 Å². The first-order chi connectivity index (χ1) is 16.9. The predicted octanol–water partition coefficient (Wildman–Crippen LogP) is 5.78. The van der Waals surface area contributed by atoms with Gasteiger partial charge in [0.15, 0.2) is 15.8 Å². The minimum absolute atomic E-state index is 0.244. The zero-order valence-corrected chi connectivity index (χ0v) is 21.3. The van der Waals surface area contributed by atoms with Crippen LogP contribution in [0.25, 0.3) is 6.08 Å².